The van der Waals surface area contributed by atoms with E-state index in [4.69, 9.17) is 16.3 Å². The normalized spacial score (nSPS) is 25.3. The molecule has 0 radical (unpaired) electrons. The van der Waals surface area contributed by atoms with Gasteiger partial charge < -0.3 is 10.1 Å². The molecule has 1 N–H and O–H groups in total. The van der Waals surface area contributed by atoms with Gasteiger partial charge in [-0.1, -0.05) is 48.0 Å². The van der Waals surface area contributed by atoms with Gasteiger partial charge in [0.15, 0.2) is 0 Å². The SMILES string of the molecule is COc1cccc2c1N[C@H](c1cccc(Cl)c1)[C@@H]1CC=C[C@@H]21. The predicted molar refractivity (Wildman–Crippen MR) is 90.8 cm³/mol. The van der Waals surface area contributed by atoms with Crippen molar-refractivity contribution in [3.8, 4) is 5.75 Å². The molecule has 0 saturated carbocycles. The molecule has 0 unspecified atom stereocenters. The van der Waals surface area contributed by atoms with Gasteiger partial charge in [-0.2, -0.15) is 0 Å². The summed E-state index contributed by atoms with van der Waals surface area (Å²) in [5, 5.41) is 4.49. The summed E-state index contributed by atoms with van der Waals surface area (Å²) < 4.78 is 5.56. The topological polar surface area (TPSA) is 21.3 Å². The van der Waals surface area contributed by atoms with Crippen LogP contribution >= 0.6 is 11.6 Å². The molecule has 4 rings (SSSR count). The monoisotopic (exact) mass is 311 g/mol. The maximum absolute atomic E-state index is 6.20. The highest BCUT2D eigenvalue weighted by molar-refractivity contribution is 6.30. The van der Waals surface area contributed by atoms with E-state index in [0.717, 1.165) is 22.9 Å². The van der Waals surface area contributed by atoms with Gasteiger partial charge in [0, 0.05) is 10.9 Å². The molecule has 1 aliphatic carbocycles. The highest BCUT2D eigenvalue weighted by Gasteiger charge is 2.38. The number of anilines is 1. The van der Waals surface area contributed by atoms with Gasteiger partial charge in [0.25, 0.3) is 0 Å². The minimum absolute atomic E-state index is 0.252. The second-order valence-electron chi connectivity index (χ2n) is 5.96. The first-order valence-electron chi connectivity index (χ1n) is 7.63. The first kappa shape index (κ1) is 13.7. The fourth-order valence-electron chi connectivity index (χ4n) is 3.79. The van der Waals surface area contributed by atoms with Gasteiger partial charge in [-0.3, -0.25) is 0 Å². The first-order chi connectivity index (χ1) is 10.8. The lowest BCUT2D eigenvalue weighted by molar-refractivity contribution is 0.397. The van der Waals surface area contributed by atoms with Crippen LogP contribution in [0.3, 0.4) is 0 Å². The number of hydrogen-bond donors (Lipinski definition) is 1. The molecule has 0 saturated heterocycles. The first-order valence-corrected chi connectivity index (χ1v) is 8.01. The molecule has 0 amide bonds. The third-order valence-corrected chi connectivity index (χ3v) is 5.02. The molecule has 0 fully saturated rings. The molecule has 0 bridgehead atoms. The van der Waals surface area contributed by atoms with Gasteiger partial charge >= 0.3 is 0 Å². The number of methoxy groups -OCH3 is 1. The van der Waals surface area contributed by atoms with Crippen LogP contribution in [0.1, 0.15) is 29.5 Å². The van der Waals surface area contributed by atoms with Crippen LogP contribution in [0.2, 0.25) is 5.02 Å². The van der Waals surface area contributed by atoms with Crippen molar-refractivity contribution >= 4 is 17.3 Å². The van der Waals surface area contributed by atoms with Crippen molar-refractivity contribution in [2.45, 2.75) is 18.4 Å². The van der Waals surface area contributed by atoms with Crippen LogP contribution in [-0.4, -0.2) is 7.11 Å². The zero-order chi connectivity index (χ0) is 15.1. The Bertz CT molecular complexity index is 740. The minimum atomic E-state index is 0.252. The summed E-state index contributed by atoms with van der Waals surface area (Å²) in [6, 6.07) is 14.7. The van der Waals surface area contributed by atoms with Crippen LogP contribution in [0.5, 0.6) is 5.75 Å². The predicted octanol–water partition coefficient (Wildman–Crippen LogP) is 5.18. The number of rotatable bonds is 2. The maximum atomic E-state index is 6.20. The fraction of sp³-hybridized carbons (Fsp3) is 0.263. The summed E-state index contributed by atoms with van der Waals surface area (Å²) in [5.74, 6) is 1.87. The third kappa shape index (κ3) is 2.10. The highest BCUT2D eigenvalue weighted by atomic mass is 35.5. The molecule has 2 nitrogen and oxygen atoms in total. The Morgan fingerprint density at radius 1 is 1.18 bits per heavy atom. The van der Waals surface area contributed by atoms with E-state index >= 15 is 0 Å². The van der Waals surface area contributed by atoms with Crippen molar-refractivity contribution in [3.63, 3.8) is 0 Å². The number of allylic oxidation sites excluding steroid dienone is 2. The van der Waals surface area contributed by atoms with Crippen LogP contribution in [0.15, 0.2) is 54.6 Å². The number of halogens is 1. The number of nitrogens with one attached hydrogen (secondary N) is 1. The Morgan fingerprint density at radius 2 is 2.05 bits per heavy atom. The number of ether oxygens (including phenoxy) is 1. The van der Waals surface area contributed by atoms with E-state index in [1.54, 1.807) is 7.11 Å². The molecular formula is C19H18ClNO. The van der Waals surface area contributed by atoms with E-state index in [9.17, 15) is 0 Å². The zero-order valence-corrected chi connectivity index (χ0v) is 13.2. The van der Waals surface area contributed by atoms with E-state index in [1.165, 1.54) is 11.1 Å². The van der Waals surface area contributed by atoms with Gasteiger partial charge in [0.1, 0.15) is 5.75 Å². The summed E-state index contributed by atoms with van der Waals surface area (Å²) >= 11 is 6.20. The smallest absolute Gasteiger partial charge is 0.142 e. The van der Waals surface area contributed by atoms with Crippen LogP contribution in [0, 0.1) is 5.92 Å². The fourth-order valence-corrected chi connectivity index (χ4v) is 3.99. The Morgan fingerprint density at radius 3 is 2.86 bits per heavy atom. The number of para-hydroxylation sites is 1. The second-order valence-corrected chi connectivity index (χ2v) is 6.39. The van der Waals surface area contributed by atoms with Crippen LogP contribution in [-0.2, 0) is 0 Å². The van der Waals surface area contributed by atoms with E-state index in [-0.39, 0.29) is 6.04 Å². The van der Waals surface area contributed by atoms with Gasteiger partial charge in [-0.05, 0) is 41.7 Å². The molecule has 2 aromatic carbocycles. The molecule has 0 aromatic heterocycles. The van der Waals surface area contributed by atoms with Gasteiger partial charge in [-0.25, -0.2) is 0 Å². The molecule has 22 heavy (non-hydrogen) atoms. The highest BCUT2D eigenvalue weighted by Crippen LogP contribution is 2.52. The van der Waals surface area contributed by atoms with E-state index < -0.39 is 0 Å². The summed E-state index contributed by atoms with van der Waals surface area (Å²) in [6.45, 7) is 0. The Labute approximate surface area is 135 Å². The molecule has 2 aliphatic rings. The van der Waals surface area contributed by atoms with Gasteiger partial charge in [0.2, 0.25) is 0 Å². The third-order valence-electron chi connectivity index (χ3n) is 4.79. The number of hydrogen-bond acceptors (Lipinski definition) is 2. The average Bonchev–Trinajstić information content (AvgIpc) is 3.03. The van der Waals surface area contributed by atoms with Crippen molar-refractivity contribution in [3.05, 3.63) is 70.8 Å². The van der Waals surface area contributed by atoms with E-state index in [1.807, 2.05) is 18.2 Å². The second kappa shape index (κ2) is 5.36. The molecule has 1 heterocycles. The van der Waals surface area contributed by atoms with Gasteiger partial charge in [0.05, 0.1) is 18.8 Å². The van der Waals surface area contributed by atoms with Crippen molar-refractivity contribution in [1.29, 1.82) is 0 Å². The molecule has 3 atom stereocenters. The van der Waals surface area contributed by atoms with Crippen LogP contribution in [0.4, 0.5) is 5.69 Å². The Kier molecular flexibility index (Phi) is 3.34. The van der Waals surface area contributed by atoms with Crippen molar-refractivity contribution in [1.82, 2.24) is 0 Å². The molecule has 112 valence electrons. The zero-order valence-electron chi connectivity index (χ0n) is 12.4. The average molecular weight is 312 g/mol. The lowest BCUT2D eigenvalue weighted by atomic mass is 9.77. The number of fused-ring (bicyclic) bond motifs is 3. The van der Waals surface area contributed by atoms with Crippen molar-refractivity contribution < 1.29 is 4.74 Å². The lowest BCUT2D eigenvalue weighted by Gasteiger charge is -2.38. The van der Waals surface area contributed by atoms with Gasteiger partial charge in [-0.15, -0.1) is 0 Å². The van der Waals surface area contributed by atoms with Crippen molar-refractivity contribution in [2.75, 3.05) is 12.4 Å². The number of benzene rings is 2. The van der Waals surface area contributed by atoms with E-state index in [0.29, 0.717) is 11.8 Å². The Balaban J connectivity index is 1.83. The molecular weight excluding hydrogens is 294 g/mol. The largest absolute Gasteiger partial charge is 0.495 e. The summed E-state index contributed by atoms with van der Waals surface area (Å²) in [4.78, 5) is 0. The standard InChI is InChI=1S/C19H18ClNO/c1-22-17-10-4-9-16-14-7-3-8-15(14)18(21-19(16)17)12-5-2-6-13(20)11-12/h2-7,9-11,14-15,18,21H,8H2,1H3/t14-,15-,18-/m1/s1. The van der Waals surface area contributed by atoms with Crippen molar-refractivity contribution in [2.24, 2.45) is 5.92 Å². The Hall–Kier alpha value is -1.93. The van der Waals surface area contributed by atoms with Crippen LogP contribution < -0.4 is 10.1 Å². The maximum Gasteiger partial charge on any atom is 0.142 e. The quantitative estimate of drug-likeness (QED) is 0.772. The summed E-state index contributed by atoms with van der Waals surface area (Å²) in [5.41, 5.74) is 3.68. The van der Waals surface area contributed by atoms with Crippen LogP contribution in [0.25, 0.3) is 0 Å². The molecule has 2 aromatic rings. The molecule has 3 heteroatoms. The van der Waals surface area contributed by atoms with E-state index in [2.05, 4.69) is 41.7 Å². The summed E-state index contributed by atoms with van der Waals surface area (Å²) in [7, 11) is 1.72. The summed E-state index contributed by atoms with van der Waals surface area (Å²) in [6.07, 6.45) is 5.72. The lowest BCUT2D eigenvalue weighted by Crippen LogP contribution is -2.29. The minimum Gasteiger partial charge on any atom is -0.495 e. The molecule has 1 aliphatic heterocycles. The molecule has 0 spiro atoms.